The number of hydrogen-bond donors (Lipinski definition) is 0. The minimum Gasteiger partial charge on any atom is -0.0764 e. The maximum absolute atomic E-state index is 2.47. The van der Waals surface area contributed by atoms with Gasteiger partial charge in [0, 0.05) is 11.8 Å². The predicted octanol–water partition coefficient (Wildman–Crippen LogP) is 7.26. The molecule has 0 bridgehead atoms. The average Bonchev–Trinajstić information content (AvgIpc) is 3.25. The largest absolute Gasteiger partial charge is 0.0764 e. The van der Waals surface area contributed by atoms with Gasteiger partial charge in [0.25, 0.3) is 0 Å². The number of rotatable bonds is 4. The minimum atomic E-state index is 0.567. The first-order chi connectivity index (χ1) is 12.5. The van der Waals surface area contributed by atoms with Gasteiger partial charge < -0.3 is 0 Å². The summed E-state index contributed by atoms with van der Waals surface area (Å²) in [6.45, 7) is 11.4. The van der Waals surface area contributed by atoms with E-state index < -0.39 is 0 Å². The zero-order valence-electron chi connectivity index (χ0n) is 16.8. The number of fused-ring (bicyclic) bond motifs is 2. The normalized spacial score (nSPS) is 21.1. The maximum atomic E-state index is 2.47. The molecule has 0 fully saturated rings. The van der Waals surface area contributed by atoms with E-state index in [9.17, 15) is 0 Å². The van der Waals surface area contributed by atoms with E-state index in [-0.39, 0.29) is 0 Å². The Bertz CT molecular complexity index is 910. The maximum Gasteiger partial charge on any atom is 0.00584 e. The Morgan fingerprint density at radius 2 is 1.27 bits per heavy atom. The summed E-state index contributed by atoms with van der Waals surface area (Å²) >= 11 is 0. The molecule has 2 aliphatic rings. The van der Waals surface area contributed by atoms with Crippen molar-refractivity contribution in [1.29, 1.82) is 0 Å². The molecule has 0 saturated carbocycles. The van der Waals surface area contributed by atoms with Crippen LogP contribution in [-0.4, -0.2) is 0 Å². The summed E-state index contributed by atoms with van der Waals surface area (Å²) in [6.07, 6.45) is 12.1. The van der Waals surface area contributed by atoms with Crippen molar-refractivity contribution in [3.05, 3.63) is 80.9 Å². The van der Waals surface area contributed by atoms with Gasteiger partial charge in [0.2, 0.25) is 0 Å². The Balaban J connectivity index is 1.66. The van der Waals surface area contributed by atoms with Crippen molar-refractivity contribution in [2.75, 3.05) is 0 Å². The molecule has 2 aromatic carbocycles. The van der Waals surface area contributed by atoms with Crippen molar-refractivity contribution in [2.45, 2.75) is 59.3 Å². The summed E-state index contributed by atoms with van der Waals surface area (Å²) < 4.78 is 0. The summed E-state index contributed by atoms with van der Waals surface area (Å²) in [6, 6.07) is 9.14. The van der Waals surface area contributed by atoms with Crippen LogP contribution in [0.25, 0.3) is 12.2 Å². The van der Waals surface area contributed by atoms with E-state index in [0.29, 0.717) is 17.8 Å². The number of aryl methyl sites for hydroxylation is 4. The number of hydrogen-bond acceptors (Lipinski definition) is 0. The zero-order valence-corrected chi connectivity index (χ0v) is 16.8. The van der Waals surface area contributed by atoms with Gasteiger partial charge in [-0.15, -0.1) is 0 Å². The second-order valence-corrected chi connectivity index (χ2v) is 8.31. The second kappa shape index (κ2) is 6.58. The summed E-state index contributed by atoms with van der Waals surface area (Å²) in [4.78, 5) is 0. The number of benzene rings is 2. The topological polar surface area (TPSA) is 0 Å². The summed E-state index contributed by atoms with van der Waals surface area (Å²) in [5.74, 6) is 1.82. The molecular weight excluding hydrogens is 312 g/mol. The molecule has 4 rings (SSSR count). The van der Waals surface area contributed by atoms with Gasteiger partial charge in [-0.3, -0.25) is 0 Å². The Kier molecular flexibility index (Phi) is 4.39. The lowest BCUT2D eigenvalue weighted by molar-refractivity contribution is 0.414. The van der Waals surface area contributed by atoms with Crippen molar-refractivity contribution in [2.24, 2.45) is 5.92 Å². The molecule has 0 N–H and O–H groups in total. The molecule has 0 heteroatoms. The molecule has 134 valence electrons. The highest BCUT2D eigenvalue weighted by atomic mass is 14.3. The van der Waals surface area contributed by atoms with Crippen LogP contribution in [0.3, 0.4) is 0 Å². The molecule has 3 atom stereocenters. The molecule has 0 spiro atoms. The molecule has 0 nitrogen and oxygen atoms in total. The highest BCUT2D eigenvalue weighted by molar-refractivity contribution is 5.69. The van der Waals surface area contributed by atoms with Gasteiger partial charge >= 0.3 is 0 Å². The third-order valence-corrected chi connectivity index (χ3v) is 6.70. The Labute approximate surface area is 158 Å². The Morgan fingerprint density at radius 1 is 0.731 bits per heavy atom. The van der Waals surface area contributed by atoms with E-state index in [4.69, 9.17) is 0 Å². The average molecular weight is 343 g/mol. The monoisotopic (exact) mass is 342 g/mol. The van der Waals surface area contributed by atoms with E-state index >= 15 is 0 Å². The Hall–Kier alpha value is -2.08. The molecule has 2 aromatic rings. The summed E-state index contributed by atoms with van der Waals surface area (Å²) in [5, 5.41) is 0. The smallest absolute Gasteiger partial charge is 0.00584 e. The van der Waals surface area contributed by atoms with E-state index in [1.807, 2.05) is 0 Å². The Morgan fingerprint density at radius 3 is 1.92 bits per heavy atom. The van der Waals surface area contributed by atoms with Crippen molar-refractivity contribution in [1.82, 2.24) is 0 Å². The molecule has 0 amide bonds. The van der Waals surface area contributed by atoms with Crippen molar-refractivity contribution in [3.8, 4) is 0 Å². The molecular formula is C26H30. The standard InChI is InChI=1S/C26H30/c1-6-20(24-14-13-23-17(3)8-10-19(5)26(23)24)15-21-11-12-22-16(2)7-9-18(4)25(21)22/h7-14,20-21,24H,6,15H2,1-5H3. The van der Waals surface area contributed by atoms with Crippen LogP contribution in [0.1, 0.15) is 76.1 Å². The van der Waals surface area contributed by atoms with Crippen LogP contribution in [0.4, 0.5) is 0 Å². The van der Waals surface area contributed by atoms with Crippen LogP contribution in [0, 0.1) is 33.6 Å². The molecule has 2 aliphatic carbocycles. The van der Waals surface area contributed by atoms with Gasteiger partial charge in [-0.25, -0.2) is 0 Å². The van der Waals surface area contributed by atoms with Crippen LogP contribution < -0.4 is 0 Å². The number of allylic oxidation sites excluding steroid dienone is 2. The molecule has 0 aromatic heterocycles. The highest BCUT2D eigenvalue weighted by Crippen LogP contribution is 2.46. The van der Waals surface area contributed by atoms with Gasteiger partial charge in [0.15, 0.2) is 0 Å². The summed E-state index contributed by atoms with van der Waals surface area (Å²) in [7, 11) is 0. The van der Waals surface area contributed by atoms with Crippen molar-refractivity contribution < 1.29 is 0 Å². The van der Waals surface area contributed by atoms with E-state index in [1.54, 1.807) is 11.1 Å². The minimum absolute atomic E-state index is 0.567. The first-order valence-corrected chi connectivity index (χ1v) is 10.1. The molecule has 0 radical (unpaired) electrons. The second-order valence-electron chi connectivity index (χ2n) is 8.31. The van der Waals surface area contributed by atoms with E-state index in [0.717, 1.165) is 0 Å². The SMILES string of the molecule is CCC(CC1C=Cc2c(C)ccc(C)c21)C1C=Cc2c(C)ccc(C)c21. The molecule has 3 unspecified atom stereocenters. The zero-order chi connectivity index (χ0) is 18.4. The van der Waals surface area contributed by atoms with Gasteiger partial charge in [0.1, 0.15) is 0 Å². The third kappa shape index (κ3) is 2.67. The first-order valence-electron chi connectivity index (χ1n) is 10.1. The van der Waals surface area contributed by atoms with Crippen molar-refractivity contribution >= 4 is 12.2 Å². The lowest BCUT2D eigenvalue weighted by Gasteiger charge is -2.27. The van der Waals surface area contributed by atoms with Crippen LogP contribution in [-0.2, 0) is 0 Å². The highest BCUT2D eigenvalue weighted by Gasteiger charge is 2.31. The quantitative estimate of drug-likeness (QED) is 0.548. The van der Waals surface area contributed by atoms with E-state index in [1.165, 1.54) is 46.2 Å². The fourth-order valence-electron chi connectivity index (χ4n) is 5.17. The van der Waals surface area contributed by atoms with Crippen LogP contribution in [0.15, 0.2) is 36.4 Å². The lowest BCUT2D eigenvalue weighted by Crippen LogP contribution is -2.14. The fourth-order valence-corrected chi connectivity index (χ4v) is 5.17. The fraction of sp³-hybridized carbons (Fsp3) is 0.385. The molecule has 0 heterocycles. The van der Waals surface area contributed by atoms with Crippen molar-refractivity contribution in [3.63, 3.8) is 0 Å². The predicted molar refractivity (Wildman–Crippen MR) is 114 cm³/mol. The molecule has 0 aliphatic heterocycles. The van der Waals surface area contributed by atoms with Gasteiger partial charge in [-0.2, -0.15) is 0 Å². The summed E-state index contributed by atoms with van der Waals surface area (Å²) in [5.41, 5.74) is 11.8. The molecule has 26 heavy (non-hydrogen) atoms. The third-order valence-electron chi connectivity index (χ3n) is 6.70. The van der Waals surface area contributed by atoms with Crippen LogP contribution in [0.5, 0.6) is 0 Å². The lowest BCUT2D eigenvalue weighted by atomic mass is 9.77. The van der Waals surface area contributed by atoms with Gasteiger partial charge in [-0.1, -0.05) is 61.9 Å². The van der Waals surface area contributed by atoms with Gasteiger partial charge in [0.05, 0.1) is 0 Å². The van der Waals surface area contributed by atoms with Crippen LogP contribution in [0.2, 0.25) is 0 Å². The first kappa shape index (κ1) is 17.3. The molecule has 0 saturated heterocycles. The van der Waals surface area contributed by atoms with Gasteiger partial charge in [-0.05, 0) is 84.5 Å². The van der Waals surface area contributed by atoms with E-state index in [2.05, 4.69) is 83.2 Å². The van der Waals surface area contributed by atoms with Crippen LogP contribution >= 0.6 is 0 Å².